The molecule has 4 rings (SSSR count). The van der Waals surface area contributed by atoms with E-state index in [4.69, 9.17) is 0 Å². The largest absolute Gasteiger partial charge is 0.333 e. The minimum atomic E-state index is 0.0604. The Labute approximate surface area is 148 Å². The topological polar surface area (TPSA) is 38.1 Å². The van der Waals surface area contributed by atoms with Crippen molar-refractivity contribution in [1.82, 2.24) is 9.55 Å². The van der Waals surface area contributed by atoms with Crippen molar-refractivity contribution in [2.45, 2.75) is 13.0 Å². The van der Waals surface area contributed by atoms with E-state index in [0.717, 1.165) is 40.8 Å². The molecule has 120 valence electrons. The van der Waals surface area contributed by atoms with Crippen LogP contribution >= 0.6 is 15.9 Å². The number of benzene rings is 2. The van der Waals surface area contributed by atoms with Crippen molar-refractivity contribution in [1.29, 1.82) is 0 Å². The minimum absolute atomic E-state index is 0.0604. The Hall–Kier alpha value is -2.40. The number of rotatable bonds is 3. The Bertz CT molecular complexity index is 872. The van der Waals surface area contributed by atoms with Crippen molar-refractivity contribution in [2.24, 2.45) is 0 Å². The summed E-state index contributed by atoms with van der Waals surface area (Å²) in [5.74, 6) is 0.0604. The number of halogens is 1. The highest BCUT2D eigenvalue weighted by Gasteiger charge is 2.25. The van der Waals surface area contributed by atoms with Crippen molar-refractivity contribution in [3.8, 4) is 0 Å². The first-order chi connectivity index (χ1) is 11.7. The van der Waals surface area contributed by atoms with Crippen LogP contribution in [0, 0.1) is 0 Å². The molecule has 2 heterocycles. The number of amides is 1. The Morgan fingerprint density at radius 1 is 1.17 bits per heavy atom. The van der Waals surface area contributed by atoms with Crippen molar-refractivity contribution in [2.75, 3.05) is 11.4 Å². The minimum Gasteiger partial charge on any atom is -0.333 e. The fraction of sp³-hybridized carbons (Fsp3) is 0.158. The molecule has 4 nitrogen and oxygen atoms in total. The summed E-state index contributed by atoms with van der Waals surface area (Å²) in [4.78, 5) is 18.7. The summed E-state index contributed by atoms with van der Waals surface area (Å²) < 4.78 is 3.06. The summed E-state index contributed by atoms with van der Waals surface area (Å²) in [5.41, 5.74) is 4.11. The summed E-state index contributed by atoms with van der Waals surface area (Å²) in [6, 6.07) is 13.9. The van der Waals surface area contributed by atoms with Gasteiger partial charge in [-0.3, -0.25) is 4.79 Å². The molecule has 0 unspecified atom stereocenters. The number of anilines is 1. The van der Waals surface area contributed by atoms with Gasteiger partial charge in [0.25, 0.3) is 5.91 Å². The maximum atomic E-state index is 12.8. The third kappa shape index (κ3) is 2.87. The fourth-order valence-electron chi connectivity index (χ4n) is 3.08. The predicted molar refractivity (Wildman–Crippen MR) is 97.3 cm³/mol. The van der Waals surface area contributed by atoms with Gasteiger partial charge in [-0.2, -0.15) is 0 Å². The molecule has 24 heavy (non-hydrogen) atoms. The van der Waals surface area contributed by atoms with Gasteiger partial charge in [0, 0.05) is 41.2 Å². The van der Waals surface area contributed by atoms with Crippen LogP contribution in [0.3, 0.4) is 0 Å². The van der Waals surface area contributed by atoms with E-state index < -0.39 is 0 Å². The smallest absolute Gasteiger partial charge is 0.258 e. The summed E-state index contributed by atoms with van der Waals surface area (Å²) >= 11 is 3.49. The maximum absolute atomic E-state index is 12.8. The van der Waals surface area contributed by atoms with E-state index in [0.29, 0.717) is 0 Å². The average Bonchev–Trinajstić information content (AvgIpc) is 3.24. The molecule has 0 fully saturated rings. The lowest BCUT2D eigenvalue weighted by atomic mass is 10.1. The Morgan fingerprint density at radius 2 is 2.00 bits per heavy atom. The van der Waals surface area contributed by atoms with E-state index in [9.17, 15) is 4.79 Å². The second-order valence-electron chi connectivity index (χ2n) is 5.91. The molecule has 0 bridgehead atoms. The molecule has 0 saturated carbocycles. The number of imidazole rings is 1. The fourth-order valence-corrected chi connectivity index (χ4v) is 3.49. The standard InChI is InChI=1S/C19H16BrN3O/c20-17-5-6-18-16(11-17)7-9-23(18)19(24)15-3-1-14(2-4-15)12-22-10-8-21-13-22/h1-6,8,10-11,13H,7,9,12H2. The first-order valence-electron chi connectivity index (χ1n) is 7.86. The van der Waals surface area contributed by atoms with E-state index >= 15 is 0 Å². The Balaban J connectivity index is 1.53. The third-order valence-corrected chi connectivity index (χ3v) is 4.80. The van der Waals surface area contributed by atoms with Gasteiger partial charge in [-0.05, 0) is 47.9 Å². The van der Waals surface area contributed by atoms with Gasteiger partial charge in [0.15, 0.2) is 0 Å². The molecule has 1 amide bonds. The van der Waals surface area contributed by atoms with Crippen molar-refractivity contribution in [3.05, 3.63) is 82.3 Å². The molecule has 2 aromatic carbocycles. The van der Waals surface area contributed by atoms with Crippen LogP contribution in [0.15, 0.2) is 65.7 Å². The zero-order valence-electron chi connectivity index (χ0n) is 13.0. The third-order valence-electron chi connectivity index (χ3n) is 4.31. The second-order valence-corrected chi connectivity index (χ2v) is 6.83. The summed E-state index contributed by atoms with van der Waals surface area (Å²) in [7, 11) is 0. The molecular formula is C19H16BrN3O. The van der Waals surface area contributed by atoms with Gasteiger partial charge >= 0.3 is 0 Å². The summed E-state index contributed by atoms with van der Waals surface area (Å²) in [5, 5.41) is 0. The molecule has 0 N–H and O–H groups in total. The van der Waals surface area contributed by atoms with Gasteiger partial charge in [-0.25, -0.2) is 4.98 Å². The first-order valence-corrected chi connectivity index (χ1v) is 8.65. The molecule has 0 spiro atoms. The zero-order chi connectivity index (χ0) is 16.5. The van der Waals surface area contributed by atoms with Crippen LogP contribution in [-0.2, 0) is 13.0 Å². The van der Waals surface area contributed by atoms with Crippen molar-refractivity contribution < 1.29 is 4.79 Å². The number of fused-ring (bicyclic) bond motifs is 1. The van der Waals surface area contributed by atoms with Gasteiger partial charge in [-0.1, -0.05) is 28.1 Å². The number of hydrogen-bond acceptors (Lipinski definition) is 2. The summed E-state index contributed by atoms with van der Waals surface area (Å²) in [6.07, 6.45) is 6.39. The van der Waals surface area contributed by atoms with Gasteiger partial charge in [0.05, 0.1) is 6.33 Å². The number of carbonyl (C=O) groups is 1. The predicted octanol–water partition coefficient (Wildman–Crippen LogP) is 3.90. The number of hydrogen-bond donors (Lipinski definition) is 0. The SMILES string of the molecule is O=C(c1ccc(Cn2ccnc2)cc1)N1CCc2cc(Br)ccc21. The number of aromatic nitrogens is 2. The maximum Gasteiger partial charge on any atom is 0.258 e. The van der Waals surface area contributed by atoms with E-state index in [2.05, 4.69) is 27.0 Å². The molecule has 1 aliphatic heterocycles. The Kier molecular flexibility index (Phi) is 3.94. The van der Waals surface area contributed by atoms with E-state index in [1.54, 1.807) is 12.5 Å². The lowest BCUT2D eigenvalue weighted by Crippen LogP contribution is -2.28. The van der Waals surface area contributed by atoms with Gasteiger partial charge < -0.3 is 9.47 Å². The van der Waals surface area contributed by atoms with Crippen LogP contribution in [0.1, 0.15) is 21.5 Å². The van der Waals surface area contributed by atoms with Crippen LogP contribution in [0.25, 0.3) is 0 Å². The number of carbonyl (C=O) groups excluding carboxylic acids is 1. The molecule has 0 saturated heterocycles. The normalized spacial score (nSPS) is 13.1. The molecule has 1 aromatic heterocycles. The second kappa shape index (κ2) is 6.24. The monoisotopic (exact) mass is 381 g/mol. The number of nitrogens with zero attached hydrogens (tertiary/aromatic N) is 3. The van der Waals surface area contributed by atoms with Crippen LogP contribution < -0.4 is 4.90 Å². The van der Waals surface area contributed by atoms with Crippen LogP contribution in [0.4, 0.5) is 5.69 Å². The molecule has 0 atom stereocenters. The highest BCUT2D eigenvalue weighted by molar-refractivity contribution is 9.10. The van der Waals surface area contributed by atoms with Crippen LogP contribution in [0.2, 0.25) is 0 Å². The van der Waals surface area contributed by atoms with Crippen molar-refractivity contribution >= 4 is 27.5 Å². The van der Waals surface area contributed by atoms with Gasteiger partial charge in [-0.15, -0.1) is 0 Å². The highest BCUT2D eigenvalue weighted by atomic mass is 79.9. The first kappa shape index (κ1) is 15.1. The van der Waals surface area contributed by atoms with E-state index in [1.165, 1.54) is 5.56 Å². The molecule has 0 radical (unpaired) electrons. The Morgan fingerprint density at radius 3 is 2.75 bits per heavy atom. The van der Waals surface area contributed by atoms with Crippen LogP contribution in [-0.4, -0.2) is 22.0 Å². The summed E-state index contributed by atoms with van der Waals surface area (Å²) in [6.45, 7) is 1.50. The zero-order valence-corrected chi connectivity index (χ0v) is 14.6. The molecule has 3 aromatic rings. The quantitative estimate of drug-likeness (QED) is 0.689. The van der Waals surface area contributed by atoms with Crippen LogP contribution in [0.5, 0.6) is 0 Å². The molecule has 1 aliphatic rings. The van der Waals surface area contributed by atoms with Gasteiger partial charge in [0.1, 0.15) is 0 Å². The van der Waals surface area contributed by atoms with E-state index in [-0.39, 0.29) is 5.91 Å². The molecule has 0 aliphatic carbocycles. The lowest BCUT2D eigenvalue weighted by molar-refractivity contribution is 0.0989. The van der Waals surface area contributed by atoms with Crippen molar-refractivity contribution in [3.63, 3.8) is 0 Å². The lowest BCUT2D eigenvalue weighted by Gasteiger charge is -2.17. The average molecular weight is 382 g/mol. The molecular weight excluding hydrogens is 366 g/mol. The highest BCUT2D eigenvalue weighted by Crippen LogP contribution is 2.31. The molecule has 5 heteroatoms. The van der Waals surface area contributed by atoms with E-state index in [1.807, 2.05) is 52.1 Å². The van der Waals surface area contributed by atoms with Gasteiger partial charge in [0.2, 0.25) is 0 Å².